The van der Waals surface area contributed by atoms with E-state index in [1.807, 2.05) is 12.1 Å². The van der Waals surface area contributed by atoms with E-state index < -0.39 is 10.0 Å². The molecule has 0 spiro atoms. The van der Waals surface area contributed by atoms with Crippen molar-refractivity contribution in [1.82, 2.24) is 4.72 Å². The second-order valence-electron chi connectivity index (χ2n) is 4.34. The van der Waals surface area contributed by atoms with Gasteiger partial charge in [0.25, 0.3) is 0 Å². The molecule has 0 amide bonds. The van der Waals surface area contributed by atoms with Crippen LogP contribution < -0.4 is 10.5 Å². The van der Waals surface area contributed by atoms with Gasteiger partial charge in [-0.15, -0.1) is 0 Å². The SMILES string of the molecule is Nc1ccc(CCNS(=O)(=O)c2ccc(Br)cc2)cc1. The van der Waals surface area contributed by atoms with Crippen LogP contribution in [-0.4, -0.2) is 15.0 Å². The first kappa shape index (κ1) is 15.0. The average Bonchev–Trinajstić information content (AvgIpc) is 2.41. The first-order valence-electron chi connectivity index (χ1n) is 6.07. The van der Waals surface area contributed by atoms with Crippen LogP contribution >= 0.6 is 15.9 Å². The molecule has 6 heteroatoms. The summed E-state index contributed by atoms with van der Waals surface area (Å²) in [5.74, 6) is 0. The number of hydrogen-bond donors (Lipinski definition) is 2. The molecule has 0 saturated carbocycles. The van der Waals surface area contributed by atoms with Crippen molar-refractivity contribution < 1.29 is 8.42 Å². The van der Waals surface area contributed by atoms with E-state index in [2.05, 4.69) is 20.7 Å². The number of halogens is 1. The van der Waals surface area contributed by atoms with Crippen molar-refractivity contribution in [2.24, 2.45) is 0 Å². The van der Waals surface area contributed by atoms with Crippen LogP contribution in [0.5, 0.6) is 0 Å². The van der Waals surface area contributed by atoms with Gasteiger partial charge in [0.15, 0.2) is 0 Å². The number of hydrogen-bond acceptors (Lipinski definition) is 3. The summed E-state index contributed by atoms with van der Waals surface area (Å²) in [6.45, 7) is 0.350. The van der Waals surface area contributed by atoms with E-state index in [-0.39, 0.29) is 4.90 Å². The highest BCUT2D eigenvalue weighted by Gasteiger charge is 2.12. The Hall–Kier alpha value is -1.37. The lowest BCUT2D eigenvalue weighted by Gasteiger charge is -2.07. The molecule has 0 radical (unpaired) electrons. The Balaban J connectivity index is 1.96. The quantitative estimate of drug-likeness (QED) is 0.810. The number of rotatable bonds is 5. The maximum absolute atomic E-state index is 12.0. The average molecular weight is 355 g/mol. The van der Waals surface area contributed by atoms with Crippen LogP contribution in [0.25, 0.3) is 0 Å². The predicted octanol–water partition coefficient (Wildman–Crippen LogP) is 2.55. The molecule has 106 valence electrons. The number of benzene rings is 2. The molecule has 0 aromatic heterocycles. The number of nitrogen functional groups attached to an aromatic ring is 1. The van der Waals surface area contributed by atoms with Crippen LogP contribution in [0.15, 0.2) is 57.9 Å². The molecule has 2 rings (SSSR count). The van der Waals surface area contributed by atoms with Gasteiger partial charge >= 0.3 is 0 Å². The predicted molar refractivity (Wildman–Crippen MR) is 83.9 cm³/mol. The molecule has 0 fully saturated rings. The standard InChI is InChI=1S/C14H15BrN2O2S/c15-12-3-7-14(8-4-12)20(18,19)17-10-9-11-1-5-13(16)6-2-11/h1-8,17H,9-10,16H2. The molecule has 0 bridgehead atoms. The molecule has 0 aliphatic rings. The van der Waals surface area contributed by atoms with Crippen LogP contribution in [0.1, 0.15) is 5.56 Å². The summed E-state index contributed by atoms with van der Waals surface area (Å²) in [6.07, 6.45) is 0.621. The first-order valence-corrected chi connectivity index (χ1v) is 8.35. The van der Waals surface area contributed by atoms with Crippen molar-refractivity contribution in [3.63, 3.8) is 0 Å². The summed E-state index contributed by atoms with van der Waals surface area (Å²) in [6, 6.07) is 13.9. The zero-order chi connectivity index (χ0) is 14.6. The number of anilines is 1. The monoisotopic (exact) mass is 354 g/mol. The molecule has 2 aromatic rings. The van der Waals surface area contributed by atoms with Gasteiger partial charge in [0, 0.05) is 16.7 Å². The highest BCUT2D eigenvalue weighted by molar-refractivity contribution is 9.10. The number of sulfonamides is 1. The van der Waals surface area contributed by atoms with Gasteiger partial charge in [-0.25, -0.2) is 13.1 Å². The normalized spacial score (nSPS) is 11.4. The second kappa shape index (κ2) is 6.39. The maximum atomic E-state index is 12.0. The van der Waals surface area contributed by atoms with Gasteiger partial charge in [-0.3, -0.25) is 0 Å². The third kappa shape index (κ3) is 4.06. The van der Waals surface area contributed by atoms with E-state index in [0.29, 0.717) is 18.7 Å². The van der Waals surface area contributed by atoms with Crippen molar-refractivity contribution in [1.29, 1.82) is 0 Å². The first-order chi connectivity index (χ1) is 9.47. The molecule has 0 heterocycles. The molecule has 0 unspecified atom stereocenters. The lowest BCUT2D eigenvalue weighted by Crippen LogP contribution is -2.25. The van der Waals surface area contributed by atoms with Crippen LogP contribution in [0.2, 0.25) is 0 Å². The maximum Gasteiger partial charge on any atom is 0.240 e. The summed E-state index contributed by atoms with van der Waals surface area (Å²) in [7, 11) is -3.45. The Labute approximate surface area is 127 Å². The van der Waals surface area contributed by atoms with E-state index >= 15 is 0 Å². The lowest BCUT2D eigenvalue weighted by atomic mass is 10.1. The largest absolute Gasteiger partial charge is 0.399 e. The van der Waals surface area contributed by atoms with Gasteiger partial charge in [0.2, 0.25) is 10.0 Å². The molecular weight excluding hydrogens is 340 g/mol. The van der Waals surface area contributed by atoms with Gasteiger partial charge in [-0.1, -0.05) is 28.1 Å². The smallest absolute Gasteiger partial charge is 0.240 e. The minimum Gasteiger partial charge on any atom is -0.399 e. The fraction of sp³-hybridized carbons (Fsp3) is 0.143. The zero-order valence-corrected chi connectivity index (χ0v) is 13.1. The van der Waals surface area contributed by atoms with Crippen molar-refractivity contribution in [2.75, 3.05) is 12.3 Å². The highest BCUT2D eigenvalue weighted by atomic mass is 79.9. The Morgan fingerprint density at radius 2 is 1.60 bits per heavy atom. The molecule has 2 aromatic carbocycles. The van der Waals surface area contributed by atoms with Crippen molar-refractivity contribution in [2.45, 2.75) is 11.3 Å². The topological polar surface area (TPSA) is 72.2 Å². The Kier molecular flexibility index (Phi) is 4.80. The van der Waals surface area contributed by atoms with Crippen LogP contribution in [0.4, 0.5) is 5.69 Å². The van der Waals surface area contributed by atoms with E-state index in [0.717, 1.165) is 10.0 Å². The van der Waals surface area contributed by atoms with E-state index in [1.165, 1.54) is 0 Å². The number of nitrogens with one attached hydrogen (secondary N) is 1. The van der Waals surface area contributed by atoms with E-state index in [4.69, 9.17) is 5.73 Å². The minimum absolute atomic E-state index is 0.262. The Morgan fingerprint density at radius 3 is 2.20 bits per heavy atom. The Morgan fingerprint density at radius 1 is 1.00 bits per heavy atom. The van der Waals surface area contributed by atoms with Crippen molar-refractivity contribution in [3.8, 4) is 0 Å². The third-order valence-electron chi connectivity index (χ3n) is 2.81. The summed E-state index contributed by atoms with van der Waals surface area (Å²) < 4.78 is 27.5. The van der Waals surface area contributed by atoms with Gasteiger partial charge in [0.1, 0.15) is 0 Å². The van der Waals surface area contributed by atoms with E-state index in [1.54, 1.807) is 36.4 Å². The van der Waals surface area contributed by atoms with Gasteiger partial charge in [-0.2, -0.15) is 0 Å². The minimum atomic E-state index is -3.45. The summed E-state index contributed by atoms with van der Waals surface area (Å²) in [5, 5.41) is 0. The lowest BCUT2D eigenvalue weighted by molar-refractivity contribution is 0.581. The fourth-order valence-electron chi connectivity index (χ4n) is 1.71. The summed E-state index contributed by atoms with van der Waals surface area (Å²) in [4.78, 5) is 0.262. The van der Waals surface area contributed by atoms with Crippen molar-refractivity contribution in [3.05, 3.63) is 58.6 Å². The van der Waals surface area contributed by atoms with Gasteiger partial charge < -0.3 is 5.73 Å². The molecule has 0 aliphatic heterocycles. The molecule has 0 saturated heterocycles. The second-order valence-corrected chi connectivity index (χ2v) is 7.03. The van der Waals surface area contributed by atoms with E-state index in [9.17, 15) is 8.42 Å². The Bertz CT molecular complexity index is 667. The van der Waals surface area contributed by atoms with Crippen LogP contribution in [-0.2, 0) is 16.4 Å². The molecule has 20 heavy (non-hydrogen) atoms. The molecule has 4 nitrogen and oxygen atoms in total. The summed E-state index contributed by atoms with van der Waals surface area (Å²) >= 11 is 3.28. The zero-order valence-electron chi connectivity index (χ0n) is 10.7. The van der Waals surface area contributed by atoms with Crippen LogP contribution in [0, 0.1) is 0 Å². The summed E-state index contributed by atoms with van der Waals surface area (Å²) in [5.41, 5.74) is 7.34. The molecule has 0 aliphatic carbocycles. The number of nitrogens with two attached hydrogens (primary N) is 1. The fourth-order valence-corrected chi connectivity index (χ4v) is 3.01. The highest BCUT2D eigenvalue weighted by Crippen LogP contribution is 2.14. The molecule has 3 N–H and O–H groups in total. The third-order valence-corrected chi connectivity index (χ3v) is 4.82. The van der Waals surface area contributed by atoms with Crippen LogP contribution in [0.3, 0.4) is 0 Å². The van der Waals surface area contributed by atoms with Crippen molar-refractivity contribution >= 4 is 31.6 Å². The van der Waals surface area contributed by atoms with Gasteiger partial charge in [-0.05, 0) is 48.4 Å². The van der Waals surface area contributed by atoms with Gasteiger partial charge in [0.05, 0.1) is 4.90 Å². The molecular formula is C14H15BrN2O2S. The molecule has 0 atom stereocenters.